The molecule has 2 unspecified atom stereocenters. The monoisotopic (exact) mass is 350 g/mol. The number of pyridine rings is 1. The van der Waals surface area contributed by atoms with Crippen molar-refractivity contribution in [1.29, 1.82) is 0 Å². The van der Waals surface area contributed by atoms with Gasteiger partial charge in [-0.25, -0.2) is 8.42 Å². The van der Waals surface area contributed by atoms with Gasteiger partial charge in [0.2, 0.25) is 10.0 Å². The molecule has 1 aromatic carbocycles. The van der Waals surface area contributed by atoms with Crippen LogP contribution in [-0.4, -0.2) is 43.7 Å². The number of aromatic nitrogens is 1. The molecule has 8 heteroatoms. The molecule has 128 valence electrons. The number of hydrogen-bond donors (Lipinski definition) is 2. The van der Waals surface area contributed by atoms with Gasteiger partial charge in [0.05, 0.1) is 4.90 Å². The lowest BCUT2D eigenvalue weighted by molar-refractivity contribution is -0.139. The van der Waals surface area contributed by atoms with Crippen LogP contribution in [0.2, 0.25) is 0 Å². The molecule has 1 aromatic heterocycles. The van der Waals surface area contributed by atoms with Crippen LogP contribution >= 0.6 is 0 Å². The van der Waals surface area contributed by atoms with E-state index < -0.39 is 22.0 Å². The summed E-state index contributed by atoms with van der Waals surface area (Å²) in [5.74, 6) is -1.14. The Bertz CT molecular complexity index is 841. The Morgan fingerprint density at radius 1 is 1.42 bits per heavy atom. The number of ether oxygens (including phenoxy) is 1. The number of nitrogens with zero attached hydrogens (tertiary/aromatic N) is 1. The van der Waals surface area contributed by atoms with E-state index in [-0.39, 0.29) is 17.2 Å². The average molecular weight is 350 g/mol. The molecule has 2 atom stereocenters. The molecule has 0 saturated carbocycles. The van der Waals surface area contributed by atoms with Crippen LogP contribution in [-0.2, 0) is 19.6 Å². The lowest BCUT2D eigenvalue weighted by Crippen LogP contribution is -2.42. The Morgan fingerprint density at radius 3 is 2.96 bits per heavy atom. The lowest BCUT2D eigenvalue weighted by atomic mass is 10.00. The molecule has 3 rings (SSSR count). The summed E-state index contributed by atoms with van der Waals surface area (Å²) in [6.07, 6.45) is 4.02. The van der Waals surface area contributed by atoms with E-state index in [0.29, 0.717) is 24.0 Å². The van der Waals surface area contributed by atoms with Crippen LogP contribution < -0.4 is 4.72 Å². The Balaban J connectivity index is 1.89. The van der Waals surface area contributed by atoms with Gasteiger partial charge in [-0.15, -0.1) is 0 Å². The number of benzene rings is 1. The van der Waals surface area contributed by atoms with Crippen LogP contribution in [0, 0.1) is 5.92 Å². The van der Waals surface area contributed by atoms with Crippen LogP contribution in [0.25, 0.3) is 10.8 Å². The van der Waals surface area contributed by atoms with Crippen LogP contribution in [0.1, 0.15) is 12.8 Å². The van der Waals surface area contributed by atoms with Gasteiger partial charge in [0, 0.05) is 36.4 Å². The van der Waals surface area contributed by atoms with Crippen LogP contribution in [0.15, 0.2) is 41.6 Å². The molecule has 1 aliphatic rings. The Morgan fingerprint density at radius 2 is 2.25 bits per heavy atom. The zero-order chi connectivity index (χ0) is 17.2. The van der Waals surface area contributed by atoms with Gasteiger partial charge >= 0.3 is 5.97 Å². The second-order valence-electron chi connectivity index (χ2n) is 5.83. The standard InChI is InChI=1S/C16H18N2O5S/c19-16(20)14(8-11-5-7-23-10-11)18-24(21,22)15-3-1-2-12-9-17-6-4-13(12)15/h1-4,6,9,11,14,18H,5,7-8,10H2,(H,19,20). The molecule has 1 fully saturated rings. The smallest absolute Gasteiger partial charge is 0.321 e. The topological polar surface area (TPSA) is 106 Å². The van der Waals surface area contributed by atoms with Gasteiger partial charge in [-0.05, 0) is 30.9 Å². The first-order chi connectivity index (χ1) is 11.5. The largest absolute Gasteiger partial charge is 0.480 e. The molecule has 0 aliphatic carbocycles. The molecule has 0 radical (unpaired) electrons. The molecule has 2 N–H and O–H groups in total. The molecular weight excluding hydrogens is 332 g/mol. The van der Waals surface area contributed by atoms with E-state index in [1.165, 1.54) is 12.3 Å². The minimum absolute atomic E-state index is 0.0468. The average Bonchev–Trinajstić information content (AvgIpc) is 3.06. The summed E-state index contributed by atoms with van der Waals surface area (Å²) in [7, 11) is -3.97. The molecule has 2 aromatic rings. The van der Waals surface area contributed by atoms with E-state index >= 15 is 0 Å². The molecule has 24 heavy (non-hydrogen) atoms. The molecule has 2 heterocycles. The number of carboxylic acid groups (broad SMARTS) is 1. The highest BCUT2D eigenvalue weighted by Gasteiger charge is 2.30. The number of aliphatic carboxylic acids is 1. The maximum absolute atomic E-state index is 12.7. The van der Waals surface area contributed by atoms with Crippen molar-refractivity contribution in [2.45, 2.75) is 23.8 Å². The Kier molecular flexibility index (Phi) is 4.79. The fourth-order valence-corrected chi connectivity index (χ4v) is 4.31. The van der Waals surface area contributed by atoms with Crippen molar-refractivity contribution in [2.75, 3.05) is 13.2 Å². The van der Waals surface area contributed by atoms with E-state index in [1.807, 2.05) is 0 Å². The van der Waals surface area contributed by atoms with Gasteiger partial charge in [0.1, 0.15) is 6.04 Å². The first kappa shape index (κ1) is 16.8. The zero-order valence-corrected chi connectivity index (χ0v) is 13.7. The van der Waals surface area contributed by atoms with Crippen molar-refractivity contribution in [3.8, 4) is 0 Å². The minimum atomic E-state index is -3.97. The third-order valence-electron chi connectivity index (χ3n) is 4.12. The predicted molar refractivity (Wildman–Crippen MR) is 87.0 cm³/mol. The molecule has 0 amide bonds. The second kappa shape index (κ2) is 6.84. The van der Waals surface area contributed by atoms with Crippen molar-refractivity contribution in [3.05, 3.63) is 36.7 Å². The number of carbonyl (C=O) groups is 1. The van der Waals surface area contributed by atoms with Crippen molar-refractivity contribution >= 4 is 26.8 Å². The van der Waals surface area contributed by atoms with E-state index in [9.17, 15) is 18.3 Å². The number of fused-ring (bicyclic) bond motifs is 1. The highest BCUT2D eigenvalue weighted by molar-refractivity contribution is 7.89. The third-order valence-corrected chi connectivity index (χ3v) is 5.65. The lowest BCUT2D eigenvalue weighted by Gasteiger charge is -2.18. The van der Waals surface area contributed by atoms with Gasteiger partial charge in [-0.1, -0.05) is 12.1 Å². The van der Waals surface area contributed by atoms with Gasteiger partial charge in [0.25, 0.3) is 0 Å². The number of sulfonamides is 1. The molecule has 1 aliphatic heterocycles. The number of carboxylic acids is 1. The fourth-order valence-electron chi connectivity index (χ4n) is 2.88. The summed E-state index contributed by atoms with van der Waals surface area (Å²) in [4.78, 5) is 15.5. The Labute approximate surface area is 139 Å². The summed E-state index contributed by atoms with van der Waals surface area (Å²) >= 11 is 0. The maximum Gasteiger partial charge on any atom is 0.321 e. The predicted octanol–water partition coefficient (Wildman–Crippen LogP) is 1.39. The molecular formula is C16H18N2O5S. The van der Waals surface area contributed by atoms with Gasteiger partial charge < -0.3 is 9.84 Å². The minimum Gasteiger partial charge on any atom is -0.480 e. The molecule has 1 saturated heterocycles. The highest BCUT2D eigenvalue weighted by atomic mass is 32.2. The van der Waals surface area contributed by atoms with Crippen molar-refractivity contribution in [1.82, 2.24) is 9.71 Å². The maximum atomic E-state index is 12.7. The van der Waals surface area contributed by atoms with Gasteiger partial charge in [-0.2, -0.15) is 4.72 Å². The zero-order valence-electron chi connectivity index (χ0n) is 12.9. The van der Waals surface area contributed by atoms with Crippen molar-refractivity contribution in [3.63, 3.8) is 0 Å². The fraction of sp³-hybridized carbons (Fsp3) is 0.375. The summed E-state index contributed by atoms with van der Waals surface area (Å²) in [5.41, 5.74) is 0. The first-order valence-corrected chi connectivity index (χ1v) is 9.11. The normalized spacial score (nSPS) is 19.4. The van der Waals surface area contributed by atoms with E-state index in [2.05, 4.69) is 9.71 Å². The SMILES string of the molecule is O=C(O)C(CC1CCOC1)NS(=O)(=O)c1cccc2cnccc12. The molecule has 0 bridgehead atoms. The summed E-state index contributed by atoms with van der Waals surface area (Å²) in [5, 5.41) is 10.6. The summed E-state index contributed by atoms with van der Waals surface area (Å²) < 4.78 is 33.0. The summed E-state index contributed by atoms with van der Waals surface area (Å²) in [6, 6.07) is 5.25. The summed E-state index contributed by atoms with van der Waals surface area (Å²) in [6.45, 7) is 1.05. The van der Waals surface area contributed by atoms with Gasteiger partial charge in [0.15, 0.2) is 0 Å². The van der Waals surface area contributed by atoms with E-state index in [1.54, 1.807) is 24.4 Å². The van der Waals surface area contributed by atoms with Crippen molar-refractivity contribution < 1.29 is 23.1 Å². The second-order valence-corrected chi connectivity index (χ2v) is 7.51. The molecule has 7 nitrogen and oxygen atoms in total. The quantitative estimate of drug-likeness (QED) is 0.816. The Hall–Kier alpha value is -2.03. The highest BCUT2D eigenvalue weighted by Crippen LogP contribution is 2.24. The van der Waals surface area contributed by atoms with E-state index in [4.69, 9.17) is 4.74 Å². The van der Waals surface area contributed by atoms with Crippen molar-refractivity contribution in [2.24, 2.45) is 5.92 Å². The molecule has 0 spiro atoms. The van der Waals surface area contributed by atoms with Crippen LogP contribution in [0.3, 0.4) is 0 Å². The number of rotatable bonds is 6. The number of hydrogen-bond acceptors (Lipinski definition) is 5. The van der Waals surface area contributed by atoms with E-state index in [0.717, 1.165) is 6.42 Å². The number of nitrogens with one attached hydrogen (secondary N) is 1. The third kappa shape index (κ3) is 3.55. The first-order valence-electron chi connectivity index (χ1n) is 7.63. The van der Waals surface area contributed by atoms with Crippen LogP contribution in [0.5, 0.6) is 0 Å². The van der Waals surface area contributed by atoms with Crippen LogP contribution in [0.4, 0.5) is 0 Å². The van der Waals surface area contributed by atoms with Gasteiger partial charge in [-0.3, -0.25) is 9.78 Å².